The van der Waals surface area contributed by atoms with Crippen LogP contribution in [0.3, 0.4) is 0 Å². The van der Waals surface area contributed by atoms with Gasteiger partial charge in [-0.25, -0.2) is 4.39 Å². The molecule has 0 heterocycles. The number of nitrogens with one attached hydrogen (secondary N) is 1. The first kappa shape index (κ1) is 17.6. The van der Waals surface area contributed by atoms with Crippen LogP contribution in [0.5, 0.6) is 0 Å². The van der Waals surface area contributed by atoms with Crippen molar-refractivity contribution in [3.8, 4) is 6.07 Å². The Morgan fingerprint density at radius 1 is 1.25 bits per heavy atom. The Bertz CT molecular complexity index is 737. The van der Waals surface area contributed by atoms with Crippen LogP contribution in [-0.2, 0) is 17.9 Å². The van der Waals surface area contributed by atoms with Crippen LogP contribution >= 0.6 is 0 Å². The molecule has 1 unspecified atom stereocenters. The summed E-state index contributed by atoms with van der Waals surface area (Å²) in [5.41, 5.74) is 2.09. The van der Waals surface area contributed by atoms with Crippen LogP contribution < -0.4 is 5.32 Å². The minimum Gasteiger partial charge on any atom is -0.351 e. The van der Waals surface area contributed by atoms with Crippen molar-refractivity contribution in [1.82, 2.24) is 10.2 Å². The first-order valence-corrected chi connectivity index (χ1v) is 7.71. The van der Waals surface area contributed by atoms with Crippen LogP contribution in [0.1, 0.15) is 23.6 Å². The van der Waals surface area contributed by atoms with Gasteiger partial charge in [0.2, 0.25) is 5.91 Å². The summed E-state index contributed by atoms with van der Waals surface area (Å²) in [5, 5.41) is 11.6. The lowest BCUT2D eigenvalue weighted by Crippen LogP contribution is -2.42. The number of rotatable bonds is 6. The average Bonchev–Trinajstić information content (AvgIpc) is 2.60. The minimum absolute atomic E-state index is 0.158. The molecule has 1 N–H and O–H groups in total. The molecule has 0 aliphatic heterocycles. The van der Waals surface area contributed by atoms with Gasteiger partial charge in [0.1, 0.15) is 5.82 Å². The van der Waals surface area contributed by atoms with Gasteiger partial charge in [0, 0.05) is 18.7 Å². The lowest BCUT2D eigenvalue weighted by molar-refractivity contribution is -0.125. The Balaban J connectivity index is 1.89. The zero-order valence-electron chi connectivity index (χ0n) is 13.8. The molecule has 2 rings (SSSR count). The maximum Gasteiger partial charge on any atom is 0.237 e. The molecule has 0 aliphatic rings. The Morgan fingerprint density at radius 2 is 1.92 bits per heavy atom. The topological polar surface area (TPSA) is 56.1 Å². The molecule has 0 aromatic heterocycles. The summed E-state index contributed by atoms with van der Waals surface area (Å²) in [6.45, 7) is 2.56. The molecule has 0 spiro atoms. The van der Waals surface area contributed by atoms with E-state index >= 15 is 0 Å². The van der Waals surface area contributed by atoms with Gasteiger partial charge in [-0.05, 0) is 37.7 Å². The maximum absolute atomic E-state index is 13.6. The van der Waals surface area contributed by atoms with Gasteiger partial charge in [-0.15, -0.1) is 0 Å². The number of likely N-dealkylation sites (N-methyl/N-ethyl adjacent to an activating group) is 1. The van der Waals surface area contributed by atoms with E-state index in [1.807, 2.05) is 24.1 Å². The summed E-state index contributed by atoms with van der Waals surface area (Å²) in [4.78, 5) is 14.1. The number of amides is 1. The summed E-state index contributed by atoms with van der Waals surface area (Å²) in [5.74, 6) is -0.481. The number of carbonyl (C=O) groups excluding carboxylic acids is 1. The maximum atomic E-state index is 13.6. The molecule has 5 heteroatoms. The quantitative estimate of drug-likeness (QED) is 0.888. The van der Waals surface area contributed by atoms with Crippen molar-refractivity contribution < 1.29 is 9.18 Å². The normalized spacial score (nSPS) is 11.8. The second-order valence-electron chi connectivity index (χ2n) is 5.71. The Labute approximate surface area is 141 Å². The second kappa shape index (κ2) is 8.23. The summed E-state index contributed by atoms with van der Waals surface area (Å²) >= 11 is 0. The first-order chi connectivity index (χ1) is 11.5. The summed E-state index contributed by atoms with van der Waals surface area (Å²) < 4.78 is 13.6. The zero-order valence-corrected chi connectivity index (χ0v) is 13.8. The van der Waals surface area contributed by atoms with E-state index in [9.17, 15) is 9.18 Å². The molecule has 4 nitrogen and oxygen atoms in total. The molecular weight excluding hydrogens is 305 g/mol. The largest absolute Gasteiger partial charge is 0.351 e. The molecule has 0 saturated heterocycles. The molecule has 124 valence electrons. The predicted octanol–water partition coefficient (Wildman–Crippen LogP) is 2.83. The fraction of sp³-hybridized carbons (Fsp3) is 0.263. The molecule has 0 radical (unpaired) electrons. The fourth-order valence-electron chi connectivity index (χ4n) is 2.28. The minimum atomic E-state index is -0.354. The van der Waals surface area contributed by atoms with Gasteiger partial charge in [-0.2, -0.15) is 5.26 Å². The van der Waals surface area contributed by atoms with Crippen LogP contribution in [0.15, 0.2) is 48.5 Å². The van der Waals surface area contributed by atoms with Crippen molar-refractivity contribution >= 4 is 5.91 Å². The van der Waals surface area contributed by atoms with Crippen LogP contribution in [0.2, 0.25) is 0 Å². The fourth-order valence-corrected chi connectivity index (χ4v) is 2.28. The smallest absolute Gasteiger partial charge is 0.237 e. The predicted molar refractivity (Wildman–Crippen MR) is 90.3 cm³/mol. The van der Waals surface area contributed by atoms with E-state index in [2.05, 4.69) is 11.4 Å². The third kappa shape index (κ3) is 4.64. The lowest BCUT2D eigenvalue weighted by atomic mass is 10.1. The number of halogens is 1. The van der Waals surface area contributed by atoms with Crippen LogP contribution in [0.4, 0.5) is 4.39 Å². The summed E-state index contributed by atoms with van der Waals surface area (Å²) in [6.07, 6.45) is 0. The molecule has 24 heavy (non-hydrogen) atoms. The molecule has 2 aromatic rings. The van der Waals surface area contributed by atoms with E-state index in [0.29, 0.717) is 17.7 Å². The van der Waals surface area contributed by atoms with Crippen molar-refractivity contribution in [3.05, 3.63) is 71.0 Å². The summed E-state index contributed by atoms with van der Waals surface area (Å²) in [7, 11) is 1.85. The van der Waals surface area contributed by atoms with E-state index in [4.69, 9.17) is 5.26 Å². The average molecular weight is 325 g/mol. The molecule has 2 aromatic carbocycles. The Morgan fingerprint density at radius 3 is 2.54 bits per heavy atom. The SMILES string of the molecule is CC(C(=O)NCc1ccccc1F)N(C)Cc1ccc(C#N)cc1. The highest BCUT2D eigenvalue weighted by Gasteiger charge is 2.18. The number of carbonyl (C=O) groups is 1. The Kier molecular flexibility index (Phi) is 6.05. The number of benzene rings is 2. The van der Waals surface area contributed by atoms with E-state index in [0.717, 1.165) is 5.56 Å². The van der Waals surface area contributed by atoms with Crippen LogP contribution in [-0.4, -0.2) is 23.9 Å². The molecule has 0 saturated carbocycles. The second-order valence-corrected chi connectivity index (χ2v) is 5.71. The number of hydrogen-bond donors (Lipinski definition) is 1. The molecule has 1 atom stereocenters. The van der Waals surface area contributed by atoms with E-state index in [1.54, 1.807) is 37.3 Å². The molecule has 0 bridgehead atoms. The molecule has 1 amide bonds. The number of hydrogen-bond acceptors (Lipinski definition) is 3. The van der Waals surface area contributed by atoms with Crippen molar-refractivity contribution in [2.45, 2.75) is 26.1 Å². The number of nitrogens with zero attached hydrogens (tertiary/aromatic N) is 2. The molecular formula is C19H20FN3O. The number of nitriles is 1. The van der Waals surface area contributed by atoms with Gasteiger partial charge in [-0.1, -0.05) is 30.3 Å². The summed E-state index contributed by atoms with van der Waals surface area (Å²) in [6, 6.07) is 15.4. The Hall–Kier alpha value is -2.71. The van der Waals surface area contributed by atoms with E-state index in [1.165, 1.54) is 6.07 Å². The highest BCUT2D eigenvalue weighted by Crippen LogP contribution is 2.09. The van der Waals surface area contributed by atoms with Crippen molar-refractivity contribution in [1.29, 1.82) is 5.26 Å². The molecule has 0 fully saturated rings. The van der Waals surface area contributed by atoms with E-state index < -0.39 is 0 Å². The van der Waals surface area contributed by atoms with Gasteiger partial charge in [0.15, 0.2) is 0 Å². The van der Waals surface area contributed by atoms with Crippen molar-refractivity contribution in [2.24, 2.45) is 0 Å². The third-order valence-corrected chi connectivity index (χ3v) is 3.97. The standard InChI is InChI=1S/C19H20FN3O/c1-14(19(24)22-12-17-5-3-4-6-18(17)20)23(2)13-16-9-7-15(11-21)8-10-16/h3-10,14H,12-13H2,1-2H3,(H,22,24). The van der Waals surface area contributed by atoms with E-state index in [-0.39, 0.29) is 24.3 Å². The molecule has 0 aliphatic carbocycles. The van der Waals surface area contributed by atoms with Crippen LogP contribution in [0, 0.1) is 17.1 Å². The monoisotopic (exact) mass is 325 g/mol. The van der Waals surface area contributed by atoms with Gasteiger partial charge < -0.3 is 5.32 Å². The van der Waals surface area contributed by atoms with Gasteiger partial charge in [0.05, 0.1) is 17.7 Å². The van der Waals surface area contributed by atoms with Crippen molar-refractivity contribution in [3.63, 3.8) is 0 Å². The van der Waals surface area contributed by atoms with Crippen molar-refractivity contribution in [2.75, 3.05) is 7.05 Å². The zero-order chi connectivity index (χ0) is 17.5. The van der Waals surface area contributed by atoms with Gasteiger partial charge in [0.25, 0.3) is 0 Å². The highest BCUT2D eigenvalue weighted by molar-refractivity contribution is 5.81. The van der Waals surface area contributed by atoms with Gasteiger partial charge in [-0.3, -0.25) is 9.69 Å². The van der Waals surface area contributed by atoms with Crippen LogP contribution in [0.25, 0.3) is 0 Å². The first-order valence-electron chi connectivity index (χ1n) is 7.71. The highest BCUT2D eigenvalue weighted by atomic mass is 19.1. The van der Waals surface area contributed by atoms with Gasteiger partial charge >= 0.3 is 0 Å². The third-order valence-electron chi connectivity index (χ3n) is 3.97. The lowest BCUT2D eigenvalue weighted by Gasteiger charge is -2.24.